The number of hydrogen-bond acceptors (Lipinski definition) is 5. The van der Waals surface area contributed by atoms with Crippen molar-refractivity contribution in [3.05, 3.63) is 45.9 Å². The molecule has 0 spiro atoms. The number of ether oxygens (including phenoxy) is 2. The maximum Gasteiger partial charge on any atom is 0.338 e. The summed E-state index contributed by atoms with van der Waals surface area (Å²) in [5, 5.41) is 3.00. The normalized spacial score (nSPS) is 10.2. The van der Waals surface area contributed by atoms with Gasteiger partial charge in [0, 0.05) is 5.38 Å². The highest BCUT2D eigenvalue weighted by Gasteiger charge is 2.06. The summed E-state index contributed by atoms with van der Waals surface area (Å²) in [6, 6.07) is 6.90. The molecule has 1 aromatic heterocycles. The number of benzene rings is 1. The van der Waals surface area contributed by atoms with E-state index >= 15 is 0 Å². The van der Waals surface area contributed by atoms with Crippen molar-refractivity contribution in [2.45, 2.75) is 20.5 Å². The largest absolute Gasteiger partial charge is 0.487 e. The molecule has 2 rings (SSSR count). The average Bonchev–Trinajstić information content (AvgIpc) is 2.83. The van der Waals surface area contributed by atoms with Crippen LogP contribution < -0.4 is 4.74 Å². The van der Waals surface area contributed by atoms with Crippen LogP contribution in [0.25, 0.3) is 0 Å². The van der Waals surface area contributed by atoms with Gasteiger partial charge in [0.25, 0.3) is 0 Å². The second-order valence-corrected chi connectivity index (χ2v) is 4.95. The molecule has 100 valence electrons. The standard InChI is InChI=1S/C14H15NO3S/c1-3-17-14(16)11-4-6-13(7-5-11)18-8-12-9-19-10(2)15-12/h4-7,9H,3,8H2,1-2H3. The number of aryl methyl sites for hydroxylation is 1. The molecule has 0 aliphatic rings. The summed E-state index contributed by atoms with van der Waals surface area (Å²) < 4.78 is 10.5. The Bertz CT molecular complexity index is 548. The molecule has 0 N–H and O–H groups in total. The van der Waals surface area contributed by atoms with Gasteiger partial charge in [-0.05, 0) is 38.1 Å². The van der Waals surface area contributed by atoms with E-state index < -0.39 is 0 Å². The summed E-state index contributed by atoms with van der Waals surface area (Å²) in [6.07, 6.45) is 0. The molecule has 4 nitrogen and oxygen atoms in total. The Morgan fingerprint density at radius 2 is 2.05 bits per heavy atom. The fourth-order valence-corrected chi connectivity index (χ4v) is 2.13. The molecule has 0 saturated heterocycles. The maximum atomic E-state index is 11.5. The zero-order valence-corrected chi connectivity index (χ0v) is 11.7. The molecule has 0 radical (unpaired) electrons. The first-order valence-corrected chi connectivity index (χ1v) is 6.88. The van der Waals surface area contributed by atoms with Gasteiger partial charge in [-0.25, -0.2) is 9.78 Å². The first kappa shape index (κ1) is 13.5. The van der Waals surface area contributed by atoms with Crippen molar-refractivity contribution in [2.24, 2.45) is 0 Å². The lowest BCUT2D eigenvalue weighted by Crippen LogP contribution is -2.04. The summed E-state index contributed by atoms with van der Waals surface area (Å²) in [7, 11) is 0. The molecular weight excluding hydrogens is 262 g/mol. The van der Waals surface area contributed by atoms with E-state index in [2.05, 4.69) is 4.98 Å². The van der Waals surface area contributed by atoms with Gasteiger partial charge in [0.2, 0.25) is 0 Å². The van der Waals surface area contributed by atoms with Gasteiger partial charge in [-0.3, -0.25) is 0 Å². The molecule has 19 heavy (non-hydrogen) atoms. The van der Waals surface area contributed by atoms with Crippen molar-refractivity contribution in [1.82, 2.24) is 4.98 Å². The topological polar surface area (TPSA) is 48.4 Å². The first-order chi connectivity index (χ1) is 9.19. The number of carbonyl (C=O) groups is 1. The van der Waals surface area contributed by atoms with Crippen molar-refractivity contribution in [3.63, 3.8) is 0 Å². The highest BCUT2D eigenvalue weighted by molar-refractivity contribution is 7.09. The molecule has 0 bridgehead atoms. The summed E-state index contributed by atoms with van der Waals surface area (Å²) in [4.78, 5) is 15.8. The lowest BCUT2D eigenvalue weighted by molar-refractivity contribution is 0.0526. The Balaban J connectivity index is 1.93. The van der Waals surface area contributed by atoms with Crippen LogP contribution in [0.3, 0.4) is 0 Å². The number of carbonyl (C=O) groups excluding carboxylic acids is 1. The van der Waals surface area contributed by atoms with Crippen LogP contribution in [-0.2, 0) is 11.3 Å². The number of esters is 1. The highest BCUT2D eigenvalue weighted by atomic mass is 32.1. The summed E-state index contributed by atoms with van der Waals surface area (Å²) in [6.45, 7) is 4.55. The SMILES string of the molecule is CCOC(=O)c1ccc(OCc2csc(C)n2)cc1. The third-order valence-corrected chi connectivity index (χ3v) is 3.24. The minimum Gasteiger partial charge on any atom is -0.487 e. The minimum atomic E-state index is -0.316. The Hall–Kier alpha value is -1.88. The van der Waals surface area contributed by atoms with E-state index in [4.69, 9.17) is 9.47 Å². The Morgan fingerprint density at radius 3 is 2.63 bits per heavy atom. The van der Waals surface area contributed by atoms with Crippen LogP contribution >= 0.6 is 11.3 Å². The van der Waals surface area contributed by atoms with Gasteiger partial charge in [-0.2, -0.15) is 0 Å². The number of thiazole rings is 1. The maximum absolute atomic E-state index is 11.5. The minimum absolute atomic E-state index is 0.316. The molecule has 0 amide bonds. The van der Waals surface area contributed by atoms with E-state index in [1.54, 1.807) is 42.5 Å². The van der Waals surface area contributed by atoms with Crippen LogP contribution in [0.4, 0.5) is 0 Å². The predicted octanol–water partition coefficient (Wildman–Crippen LogP) is 3.21. The predicted molar refractivity (Wildman–Crippen MR) is 73.6 cm³/mol. The van der Waals surface area contributed by atoms with Crippen LogP contribution in [0.2, 0.25) is 0 Å². The zero-order chi connectivity index (χ0) is 13.7. The van der Waals surface area contributed by atoms with Gasteiger partial charge in [0.05, 0.1) is 22.9 Å². The van der Waals surface area contributed by atoms with E-state index in [1.807, 2.05) is 12.3 Å². The molecule has 0 atom stereocenters. The number of nitrogens with zero attached hydrogens (tertiary/aromatic N) is 1. The molecule has 2 aromatic rings. The second-order valence-electron chi connectivity index (χ2n) is 3.89. The summed E-state index contributed by atoms with van der Waals surface area (Å²) in [5.41, 5.74) is 1.44. The molecule has 5 heteroatoms. The Labute approximate surface area is 116 Å². The van der Waals surface area contributed by atoms with Gasteiger partial charge < -0.3 is 9.47 Å². The van der Waals surface area contributed by atoms with Crippen molar-refractivity contribution in [2.75, 3.05) is 6.61 Å². The molecule has 0 saturated carbocycles. The molecular formula is C14H15NO3S. The van der Waals surface area contributed by atoms with E-state index in [9.17, 15) is 4.79 Å². The lowest BCUT2D eigenvalue weighted by Gasteiger charge is -2.05. The van der Waals surface area contributed by atoms with Crippen LogP contribution in [-0.4, -0.2) is 17.6 Å². The van der Waals surface area contributed by atoms with Crippen molar-refractivity contribution < 1.29 is 14.3 Å². The lowest BCUT2D eigenvalue weighted by atomic mass is 10.2. The van der Waals surface area contributed by atoms with Gasteiger partial charge in [0.1, 0.15) is 12.4 Å². The smallest absolute Gasteiger partial charge is 0.338 e. The summed E-state index contributed by atoms with van der Waals surface area (Å²) >= 11 is 1.60. The molecule has 0 aliphatic heterocycles. The van der Waals surface area contributed by atoms with Gasteiger partial charge in [0.15, 0.2) is 0 Å². The zero-order valence-electron chi connectivity index (χ0n) is 10.9. The van der Waals surface area contributed by atoms with Crippen LogP contribution in [0.1, 0.15) is 28.0 Å². The Kier molecular flexibility index (Phi) is 4.52. The number of rotatable bonds is 5. The average molecular weight is 277 g/mol. The quantitative estimate of drug-likeness (QED) is 0.787. The third-order valence-electron chi connectivity index (χ3n) is 2.42. The van der Waals surface area contributed by atoms with Gasteiger partial charge >= 0.3 is 5.97 Å². The first-order valence-electron chi connectivity index (χ1n) is 6.00. The fraction of sp³-hybridized carbons (Fsp3) is 0.286. The highest BCUT2D eigenvalue weighted by Crippen LogP contribution is 2.16. The van der Waals surface area contributed by atoms with Crippen molar-refractivity contribution >= 4 is 17.3 Å². The molecule has 1 aromatic carbocycles. The van der Waals surface area contributed by atoms with Gasteiger partial charge in [-0.1, -0.05) is 0 Å². The van der Waals surface area contributed by atoms with E-state index in [0.717, 1.165) is 10.7 Å². The fourth-order valence-electron chi connectivity index (χ4n) is 1.53. The number of hydrogen-bond donors (Lipinski definition) is 0. The summed E-state index contributed by atoms with van der Waals surface area (Å²) in [5.74, 6) is 0.392. The van der Waals surface area contributed by atoms with Crippen LogP contribution in [0, 0.1) is 6.92 Å². The van der Waals surface area contributed by atoms with Crippen molar-refractivity contribution in [3.8, 4) is 5.75 Å². The third kappa shape index (κ3) is 3.79. The van der Waals surface area contributed by atoms with E-state index in [-0.39, 0.29) is 5.97 Å². The molecule has 0 unspecified atom stereocenters. The molecule has 0 aliphatic carbocycles. The van der Waals surface area contributed by atoms with E-state index in [0.29, 0.717) is 24.5 Å². The molecule has 1 heterocycles. The van der Waals surface area contributed by atoms with Crippen molar-refractivity contribution in [1.29, 1.82) is 0 Å². The van der Waals surface area contributed by atoms with Crippen LogP contribution in [0.15, 0.2) is 29.6 Å². The van der Waals surface area contributed by atoms with E-state index in [1.165, 1.54) is 0 Å². The number of aromatic nitrogens is 1. The Morgan fingerprint density at radius 1 is 1.32 bits per heavy atom. The van der Waals surface area contributed by atoms with Gasteiger partial charge in [-0.15, -0.1) is 11.3 Å². The second kappa shape index (κ2) is 6.33. The monoisotopic (exact) mass is 277 g/mol. The van der Waals surface area contributed by atoms with Crippen LogP contribution in [0.5, 0.6) is 5.75 Å². The molecule has 0 fully saturated rings.